The summed E-state index contributed by atoms with van der Waals surface area (Å²) in [6.45, 7) is 2.91. The fourth-order valence-electron chi connectivity index (χ4n) is 2.47. The van der Waals surface area contributed by atoms with Gasteiger partial charge in [0.25, 0.3) is 0 Å². The van der Waals surface area contributed by atoms with E-state index in [4.69, 9.17) is 11.6 Å². The van der Waals surface area contributed by atoms with Gasteiger partial charge in [0.05, 0.1) is 5.02 Å². The molecule has 1 aliphatic rings. The molecule has 0 radical (unpaired) electrons. The van der Waals surface area contributed by atoms with E-state index < -0.39 is 0 Å². The minimum absolute atomic E-state index is 0.0324. The quantitative estimate of drug-likeness (QED) is 0.629. The molecule has 0 aromatic heterocycles. The number of hydrogen-bond donors (Lipinski definition) is 0. The highest BCUT2D eigenvalue weighted by Gasteiger charge is 2.13. The van der Waals surface area contributed by atoms with E-state index in [1.165, 1.54) is 5.56 Å². The number of carbonyl (C=O) groups is 1. The average molecular weight is 298 g/mol. The lowest BCUT2D eigenvalue weighted by Crippen LogP contribution is -2.19. The van der Waals surface area contributed by atoms with E-state index >= 15 is 0 Å². The van der Waals surface area contributed by atoms with Gasteiger partial charge >= 0.3 is 0 Å². The molecule has 1 aliphatic heterocycles. The van der Waals surface area contributed by atoms with Crippen LogP contribution in [-0.4, -0.2) is 23.8 Å². The number of carbonyl (C=O) groups excluding carboxylic acids is 1. The van der Waals surface area contributed by atoms with Crippen LogP contribution in [-0.2, 0) is 6.54 Å². The van der Waals surface area contributed by atoms with Gasteiger partial charge < -0.3 is 0 Å². The van der Waals surface area contributed by atoms with Crippen LogP contribution in [0.2, 0.25) is 5.02 Å². The first kappa shape index (κ1) is 14.1. The number of hydrogen-bond acceptors (Lipinski definition) is 2. The lowest BCUT2D eigenvalue weighted by atomic mass is 10.0. The third-order valence-electron chi connectivity index (χ3n) is 3.63. The zero-order valence-corrected chi connectivity index (χ0v) is 12.4. The minimum atomic E-state index is -0.0324. The molecule has 0 amide bonds. The topological polar surface area (TPSA) is 20.3 Å². The fourth-order valence-corrected chi connectivity index (χ4v) is 2.69. The lowest BCUT2D eigenvalue weighted by Gasteiger charge is -2.14. The van der Waals surface area contributed by atoms with Crippen molar-refractivity contribution in [3.8, 4) is 0 Å². The van der Waals surface area contributed by atoms with Crippen molar-refractivity contribution in [1.82, 2.24) is 4.90 Å². The summed E-state index contributed by atoms with van der Waals surface area (Å²) in [5, 5.41) is 0.495. The summed E-state index contributed by atoms with van der Waals surface area (Å²) in [6, 6.07) is 14.9. The molecular weight excluding hydrogens is 282 g/mol. The van der Waals surface area contributed by atoms with Crippen molar-refractivity contribution in [2.24, 2.45) is 0 Å². The van der Waals surface area contributed by atoms with Crippen LogP contribution >= 0.6 is 11.6 Å². The first-order valence-electron chi connectivity index (χ1n) is 6.99. The molecule has 0 saturated carbocycles. The van der Waals surface area contributed by atoms with E-state index in [-0.39, 0.29) is 5.78 Å². The summed E-state index contributed by atoms with van der Waals surface area (Å²) < 4.78 is 0. The molecule has 0 atom stereocenters. The maximum Gasteiger partial charge on any atom is 0.194 e. The Kier molecular flexibility index (Phi) is 4.18. The molecule has 2 nitrogen and oxygen atoms in total. The Morgan fingerprint density at radius 1 is 1.00 bits per heavy atom. The Bertz CT molecular complexity index is 668. The fraction of sp³-hybridized carbons (Fsp3) is 0.167. The Morgan fingerprint density at radius 2 is 1.67 bits per heavy atom. The van der Waals surface area contributed by atoms with Crippen molar-refractivity contribution in [3.05, 3.63) is 82.4 Å². The maximum absolute atomic E-state index is 12.4. The molecule has 0 saturated heterocycles. The summed E-state index contributed by atoms with van der Waals surface area (Å²) in [7, 11) is 0. The zero-order valence-electron chi connectivity index (χ0n) is 11.6. The molecule has 2 aromatic carbocycles. The Morgan fingerprint density at radius 3 is 2.33 bits per heavy atom. The standard InChI is InChI=1S/C18H16ClNO/c19-17-6-2-1-5-16(17)18(21)15-9-7-14(8-10-15)13-20-11-3-4-12-20/h1-10H,11-13H2. The lowest BCUT2D eigenvalue weighted by molar-refractivity contribution is 0.103. The van der Waals surface area contributed by atoms with Gasteiger partial charge in [-0.15, -0.1) is 0 Å². The predicted molar refractivity (Wildman–Crippen MR) is 85.7 cm³/mol. The van der Waals surface area contributed by atoms with Crippen LogP contribution in [0.5, 0.6) is 0 Å². The number of halogens is 1. The molecular formula is C18H16ClNO. The number of benzene rings is 2. The maximum atomic E-state index is 12.4. The van der Waals surface area contributed by atoms with E-state index in [1.54, 1.807) is 12.1 Å². The molecule has 1 heterocycles. The smallest absolute Gasteiger partial charge is 0.194 e. The van der Waals surface area contributed by atoms with Gasteiger partial charge in [-0.3, -0.25) is 9.69 Å². The summed E-state index contributed by atoms with van der Waals surface area (Å²) in [5.41, 5.74) is 2.44. The summed E-state index contributed by atoms with van der Waals surface area (Å²) >= 11 is 6.08. The molecule has 0 spiro atoms. The highest BCUT2D eigenvalue weighted by atomic mass is 35.5. The highest BCUT2D eigenvalue weighted by molar-refractivity contribution is 6.34. The first-order chi connectivity index (χ1) is 10.2. The van der Waals surface area contributed by atoms with E-state index in [0.29, 0.717) is 16.1 Å². The molecule has 0 unspecified atom stereocenters. The Balaban J connectivity index is 1.74. The molecule has 0 fully saturated rings. The number of nitrogens with zero attached hydrogens (tertiary/aromatic N) is 1. The summed E-state index contributed by atoms with van der Waals surface area (Å²) in [5.74, 6) is -0.0324. The third kappa shape index (κ3) is 3.23. The van der Waals surface area contributed by atoms with Crippen molar-refractivity contribution in [2.75, 3.05) is 13.1 Å². The van der Waals surface area contributed by atoms with Gasteiger partial charge in [0, 0.05) is 30.8 Å². The summed E-state index contributed by atoms with van der Waals surface area (Å²) in [4.78, 5) is 14.8. The largest absolute Gasteiger partial charge is 0.292 e. The molecule has 3 heteroatoms. The van der Waals surface area contributed by atoms with Crippen LogP contribution in [0.3, 0.4) is 0 Å². The third-order valence-corrected chi connectivity index (χ3v) is 3.96. The molecule has 0 aliphatic carbocycles. The van der Waals surface area contributed by atoms with Gasteiger partial charge in [0.15, 0.2) is 5.78 Å². The average Bonchev–Trinajstić information content (AvgIpc) is 3.01. The van der Waals surface area contributed by atoms with Crippen molar-refractivity contribution >= 4 is 17.4 Å². The van der Waals surface area contributed by atoms with Crippen LogP contribution in [0.15, 0.2) is 60.7 Å². The van der Waals surface area contributed by atoms with Gasteiger partial charge in [0.1, 0.15) is 0 Å². The van der Waals surface area contributed by atoms with E-state index in [0.717, 1.165) is 19.6 Å². The second-order valence-corrected chi connectivity index (χ2v) is 5.58. The Hall–Kier alpha value is -1.90. The van der Waals surface area contributed by atoms with Crippen molar-refractivity contribution in [2.45, 2.75) is 6.54 Å². The van der Waals surface area contributed by atoms with E-state index in [9.17, 15) is 4.79 Å². The highest BCUT2D eigenvalue weighted by Crippen LogP contribution is 2.19. The molecule has 21 heavy (non-hydrogen) atoms. The van der Waals surface area contributed by atoms with Gasteiger partial charge in [-0.2, -0.15) is 0 Å². The predicted octanol–water partition coefficient (Wildman–Crippen LogP) is 3.94. The molecule has 0 N–H and O–H groups in total. The zero-order chi connectivity index (χ0) is 14.7. The van der Waals surface area contributed by atoms with Crippen LogP contribution in [0.4, 0.5) is 0 Å². The molecule has 2 aromatic rings. The number of ketones is 1. The molecule has 106 valence electrons. The van der Waals surface area contributed by atoms with Crippen molar-refractivity contribution in [1.29, 1.82) is 0 Å². The SMILES string of the molecule is O=C(c1ccc(CN2CC=CC2)cc1)c1ccccc1Cl. The van der Waals surface area contributed by atoms with Crippen LogP contribution in [0.25, 0.3) is 0 Å². The molecule has 3 rings (SSSR count). The normalized spacial score (nSPS) is 14.5. The van der Waals surface area contributed by atoms with Gasteiger partial charge in [-0.05, 0) is 17.7 Å². The van der Waals surface area contributed by atoms with Gasteiger partial charge in [-0.1, -0.05) is 60.2 Å². The van der Waals surface area contributed by atoms with Gasteiger partial charge in [-0.25, -0.2) is 0 Å². The van der Waals surface area contributed by atoms with Crippen LogP contribution in [0.1, 0.15) is 21.5 Å². The van der Waals surface area contributed by atoms with Crippen LogP contribution < -0.4 is 0 Å². The minimum Gasteiger partial charge on any atom is -0.292 e. The number of rotatable bonds is 4. The second kappa shape index (κ2) is 6.25. The summed E-state index contributed by atoms with van der Waals surface area (Å²) in [6.07, 6.45) is 4.35. The van der Waals surface area contributed by atoms with Crippen molar-refractivity contribution < 1.29 is 4.79 Å². The second-order valence-electron chi connectivity index (χ2n) is 5.17. The van der Waals surface area contributed by atoms with E-state index in [1.807, 2.05) is 36.4 Å². The van der Waals surface area contributed by atoms with Crippen molar-refractivity contribution in [3.63, 3.8) is 0 Å². The van der Waals surface area contributed by atoms with Crippen LogP contribution in [0, 0.1) is 0 Å². The monoisotopic (exact) mass is 297 g/mol. The van der Waals surface area contributed by atoms with E-state index in [2.05, 4.69) is 17.1 Å². The van der Waals surface area contributed by atoms with Gasteiger partial charge in [0.2, 0.25) is 0 Å². The Labute approximate surface area is 129 Å². The first-order valence-corrected chi connectivity index (χ1v) is 7.37. The molecule has 0 bridgehead atoms.